The summed E-state index contributed by atoms with van der Waals surface area (Å²) in [7, 11) is 0. The number of aryl methyl sites for hydroxylation is 1. The molecule has 6 nitrogen and oxygen atoms in total. The number of aliphatic hydroxyl groups excluding tert-OH is 1. The highest BCUT2D eigenvalue weighted by atomic mass is 16.6. The second kappa shape index (κ2) is 8.36. The Labute approximate surface area is 135 Å². The predicted molar refractivity (Wildman–Crippen MR) is 88.1 cm³/mol. The maximum Gasteiger partial charge on any atom is 0.272 e. The van der Waals surface area contributed by atoms with E-state index in [1.807, 2.05) is 13.0 Å². The molecule has 6 heteroatoms. The van der Waals surface area contributed by atoms with Gasteiger partial charge in [-0.3, -0.25) is 15.1 Å². The van der Waals surface area contributed by atoms with Crippen molar-refractivity contribution >= 4 is 5.69 Å². The summed E-state index contributed by atoms with van der Waals surface area (Å²) in [5.74, 6) is 0. The van der Waals surface area contributed by atoms with Crippen LogP contribution < -0.4 is 5.32 Å². The van der Waals surface area contributed by atoms with Gasteiger partial charge in [-0.1, -0.05) is 18.2 Å². The van der Waals surface area contributed by atoms with Crippen LogP contribution in [0, 0.1) is 10.1 Å². The lowest BCUT2D eigenvalue weighted by Crippen LogP contribution is -2.30. The number of nitrogens with zero attached hydrogens (tertiary/aromatic N) is 2. The van der Waals surface area contributed by atoms with E-state index in [2.05, 4.69) is 10.3 Å². The number of hydrogen-bond donors (Lipinski definition) is 2. The fraction of sp³-hybridized carbons (Fsp3) is 0.353. The normalized spacial score (nSPS) is 13.5. The average Bonchev–Trinajstić information content (AvgIpc) is 2.58. The molecule has 0 aliphatic heterocycles. The summed E-state index contributed by atoms with van der Waals surface area (Å²) in [5, 5.41) is 24.3. The van der Waals surface area contributed by atoms with Crippen LogP contribution in [0.15, 0.2) is 48.8 Å². The van der Waals surface area contributed by atoms with Gasteiger partial charge in [0.15, 0.2) is 0 Å². The van der Waals surface area contributed by atoms with Crippen LogP contribution in [-0.4, -0.2) is 27.6 Å². The van der Waals surface area contributed by atoms with Crippen molar-refractivity contribution in [3.8, 4) is 0 Å². The van der Waals surface area contributed by atoms with Crippen molar-refractivity contribution in [1.29, 1.82) is 0 Å². The Morgan fingerprint density at radius 3 is 2.65 bits per heavy atom. The topological polar surface area (TPSA) is 88.3 Å². The number of hydrogen-bond acceptors (Lipinski definition) is 5. The van der Waals surface area contributed by atoms with Crippen molar-refractivity contribution < 1.29 is 10.0 Å². The number of aromatic nitrogens is 1. The Morgan fingerprint density at radius 2 is 1.96 bits per heavy atom. The van der Waals surface area contributed by atoms with Crippen molar-refractivity contribution in [2.24, 2.45) is 0 Å². The van der Waals surface area contributed by atoms with Crippen LogP contribution in [0.2, 0.25) is 0 Å². The number of benzene rings is 1. The molecular weight excluding hydrogens is 294 g/mol. The number of nitro groups is 1. The standard InChI is InChI=1S/C17H21N3O3/c1-13(19-12-17(21)15-8-10-18-11-9-15)6-7-14-4-2-3-5-16(14)20(22)23/h2-5,8-11,13,17,19,21H,6-7,12H2,1H3. The lowest BCUT2D eigenvalue weighted by atomic mass is 10.0. The molecule has 0 aliphatic carbocycles. The van der Waals surface area contributed by atoms with Crippen molar-refractivity contribution in [2.75, 3.05) is 6.54 Å². The number of nitrogens with one attached hydrogen (secondary N) is 1. The second-order valence-corrected chi connectivity index (χ2v) is 5.53. The molecule has 0 bridgehead atoms. The first kappa shape index (κ1) is 17.1. The summed E-state index contributed by atoms with van der Waals surface area (Å²) in [4.78, 5) is 14.6. The zero-order valence-corrected chi connectivity index (χ0v) is 13.1. The van der Waals surface area contributed by atoms with E-state index in [0.29, 0.717) is 13.0 Å². The molecule has 2 aromatic rings. The first-order valence-corrected chi connectivity index (χ1v) is 7.61. The Bertz CT molecular complexity index is 634. The lowest BCUT2D eigenvalue weighted by Gasteiger charge is -2.17. The first-order valence-electron chi connectivity index (χ1n) is 7.61. The fourth-order valence-corrected chi connectivity index (χ4v) is 2.39. The van der Waals surface area contributed by atoms with Gasteiger partial charge in [-0.25, -0.2) is 0 Å². The van der Waals surface area contributed by atoms with E-state index in [-0.39, 0.29) is 16.7 Å². The van der Waals surface area contributed by atoms with Gasteiger partial charge in [0.05, 0.1) is 11.0 Å². The molecule has 0 aliphatic rings. The molecular formula is C17H21N3O3. The number of aliphatic hydroxyl groups is 1. The van der Waals surface area contributed by atoms with E-state index in [1.165, 1.54) is 6.07 Å². The van der Waals surface area contributed by atoms with E-state index in [4.69, 9.17) is 0 Å². The molecule has 2 atom stereocenters. The minimum absolute atomic E-state index is 0.145. The highest BCUT2D eigenvalue weighted by Crippen LogP contribution is 2.19. The maximum atomic E-state index is 11.0. The van der Waals surface area contributed by atoms with Crippen LogP contribution in [0.1, 0.15) is 30.6 Å². The minimum atomic E-state index is -0.591. The molecule has 1 aromatic carbocycles. The largest absolute Gasteiger partial charge is 0.387 e. The highest BCUT2D eigenvalue weighted by molar-refractivity contribution is 5.39. The number of pyridine rings is 1. The van der Waals surface area contributed by atoms with Crippen LogP contribution in [0.3, 0.4) is 0 Å². The van der Waals surface area contributed by atoms with Crippen molar-refractivity contribution in [1.82, 2.24) is 10.3 Å². The Morgan fingerprint density at radius 1 is 1.26 bits per heavy atom. The smallest absolute Gasteiger partial charge is 0.272 e. The van der Waals surface area contributed by atoms with Crippen LogP contribution in [0.4, 0.5) is 5.69 Å². The van der Waals surface area contributed by atoms with Crippen molar-refractivity contribution in [3.05, 3.63) is 70.0 Å². The molecule has 2 N–H and O–H groups in total. The maximum absolute atomic E-state index is 11.0. The molecule has 0 saturated carbocycles. The van der Waals surface area contributed by atoms with Gasteiger partial charge in [-0.15, -0.1) is 0 Å². The summed E-state index contributed by atoms with van der Waals surface area (Å²) in [6.45, 7) is 2.44. The SMILES string of the molecule is CC(CCc1ccccc1[N+](=O)[O-])NCC(O)c1ccncc1. The van der Waals surface area contributed by atoms with Gasteiger partial charge < -0.3 is 10.4 Å². The molecule has 23 heavy (non-hydrogen) atoms. The minimum Gasteiger partial charge on any atom is -0.387 e. The second-order valence-electron chi connectivity index (χ2n) is 5.53. The van der Waals surface area contributed by atoms with E-state index in [9.17, 15) is 15.2 Å². The third-order valence-electron chi connectivity index (χ3n) is 3.79. The number of para-hydroxylation sites is 1. The Balaban J connectivity index is 1.82. The van der Waals surface area contributed by atoms with Gasteiger partial charge in [0.1, 0.15) is 0 Å². The summed E-state index contributed by atoms with van der Waals surface area (Å²) in [5.41, 5.74) is 1.72. The molecule has 0 fully saturated rings. The zero-order valence-electron chi connectivity index (χ0n) is 13.1. The van der Waals surface area contributed by atoms with Crippen molar-refractivity contribution in [3.63, 3.8) is 0 Å². The van der Waals surface area contributed by atoms with Gasteiger partial charge >= 0.3 is 0 Å². The molecule has 2 unspecified atom stereocenters. The van der Waals surface area contributed by atoms with Gasteiger partial charge in [0, 0.05) is 36.6 Å². The third-order valence-corrected chi connectivity index (χ3v) is 3.79. The molecule has 0 saturated heterocycles. The van der Waals surface area contributed by atoms with E-state index >= 15 is 0 Å². The van der Waals surface area contributed by atoms with Crippen LogP contribution >= 0.6 is 0 Å². The van der Waals surface area contributed by atoms with Crippen LogP contribution in [0.25, 0.3) is 0 Å². The fourth-order valence-electron chi connectivity index (χ4n) is 2.39. The van der Waals surface area contributed by atoms with E-state index in [0.717, 1.165) is 17.5 Å². The molecule has 0 amide bonds. The summed E-state index contributed by atoms with van der Waals surface area (Å²) >= 11 is 0. The molecule has 1 heterocycles. The zero-order chi connectivity index (χ0) is 16.7. The molecule has 1 aromatic heterocycles. The van der Waals surface area contributed by atoms with Crippen LogP contribution in [-0.2, 0) is 6.42 Å². The monoisotopic (exact) mass is 315 g/mol. The summed E-state index contributed by atoms with van der Waals surface area (Å²) in [6.07, 6.45) is 4.09. The quantitative estimate of drug-likeness (QED) is 0.577. The van der Waals surface area contributed by atoms with Gasteiger partial charge in [0.2, 0.25) is 0 Å². The first-order chi connectivity index (χ1) is 11.1. The highest BCUT2D eigenvalue weighted by Gasteiger charge is 2.14. The van der Waals surface area contributed by atoms with Gasteiger partial charge in [-0.05, 0) is 37.5 Å². The number of rotatable bonds is 8. The third kappa shape index (κ3) is 5.12. The Hall–Kier alpha value is -2.31. The Kier molecular flexibility index (Phi) is 6.19. The van der Waals surface area contributed by atoms with Gasteiger partial charge in [-0.2, -0.15) is 0 Å². The average molecular weight is 315 g/mol. The summed E-state index contributed by atoms with van der Waals surface area (Å²) in [6, 6.07) is 10.5. The lowest BCUT2D eigenvalue weighted by molar-refractivity contribution is -0.385. The summed E-state index contributed by atoms with van der Waals surface area (Å²) < 4.78 is 0. The molecule has 0 radical (unpaired) electrons. The van der Waals surface area contributed by atoms with Gasteiger partial charge in [0.25, 0.3) is 5.69 Å². The van der Waals surface area contributed by atoms with E-state index in [1.54, 1.807) is 36.7 Å². The molecule has 122 valence electrons. The molecule has 2 rings (SSSR count). The molecule has 0 spiro atoms. The predicted octanol–water partition coefficient (Wildman–Crippen LogP) is 2.63. The number of nitro benzene ring substituents is 1. The van der Waals surface area contributed by atoms with E-state index < -0.39 is 6.10 Å². The van der Waals surface area contributed by atoms with Crippen LogP contribution in [0.5, 0.6) is 0 Å². The van der Waals surface area contributed by atoms with Crippen molar-refractivity contribution in [2.45, 2.75) is 31.9 Å².